The summed E-state index contributed by atoms with van der Waals surface area (Å²) in [4.78, 5) is 23.1. The lowest BCUT2D eigenvalue weighted by Gasteiger charge is -2.08. The van der Waals surface area contributed by atoms with Crippen molar-refractivity contribution < 1.29 is 14.7 Å². The van der Waals surface area contributed by atoms with Crippen LogP contribution >= 0.6 is 11.8 Å². The van der Waals surface area contributed by atoms with Crippen LogP contribution in [0.2, 0.25) is 0 Å². The third kappa shape index (κ3) is 4.46. The topological polar surface area (TPSA) is 54.4 Å². The molecule has 2 aromatic rings. The number of carbonyl (C=O) groups excluding carboxylic acids is 1. The van der Waals surface area contributed by atoms with Crippen LogP contribution in [0, 0.1) is 0 Å². The van der Waals surface area contributed by atoms with Crippen molar-refractivity contribution in [3.05, 3.63) is 65.2 Å². The molecule has 0 aliphatic heterocycles. The Balaban J connectivity index is 2.06. The van der Waals surface area contributed by atoms with Crippen molar-refractivity contribution in [1.29, 1.82) is 0 Å². The van der Waals surface area contributed by atoms with Crippen LogP contribution < -0.4 is 0 Å². The quantitative estimate of drug-likeness (QED) is 0.651. The lowest BCUT2D eigenvalue weighted by molar-refractivity contribution is -0.136. The molecule has 0 saturated carbocycles. The van der Waals surface area contributed by atoms with Gasteiger partial charge in [-0.15, -0.1) is 11.8 Å². The SMILES string of the molecule is CC(=O)c1ccc(SCc2ccccc2CC(=O)O)cc1. The summed E-state index contributed by atoms with van der Waals surface area (Å²) in [7, 11) is 0. The average Bonchev–Trinajstić information content (AvgIpc) is 2.46. The van der Waals surface area contributed by atoms with E-state index in [4.69, 9.17) is 5.11 Å². The van der Waals surface area contributed by atoms with Gasteiger partial charge in [-0.3, -0.25) is 9.59 Å². The highest BCUT2D eigenvalue weighted by atomic mass is 32.2. The second-order valence-electron chi connectivity index (χ2n) is 4.71. The van der Waals surface area contributed by atoms with Crippen LogP contribution in [0.5, 0.6) is 0 Å². The number of carbonyl (C=O) groups is 2. The second kappa shape index (κ2) is 7.09. The van der Waals surface area contributed by atoms with Crippen LogP contribution in [0.3, 0.4) is 0 Å². The molecule has 0 heterocycles. The van der Waals surface area contributed by atoms with Gasteiger partial charge in [-0.05, 0) is 30.2 Å². The summed E-state index contributed by atoms with van der Waals surface area (Å²) in [5, 5.41) is 8.92. The molecule has 0 spiro atoms. The summed E-state index contributed by atoms with van der Waals surface area (Å²) in [6, 6.07) is 15.0. The van der Waals surface area contributed by atoms with Crippen LogP contribution in [0.1, 0.15) is 28.4 Å². The standard InChI is InChI=1S/C17H16O3S/c1-12(18)13-6-8-16(9-7-13)21-11-15-5-3-2-4-14(15)10-17(19)20/h2-9H,10-11H2,1H3,(H,19,20). The summed E-state index contributed by atoms with van der Waals surface area (Å²) in [5.74, 6) is -0.0558. The highest BCUT2D eigenvalue weighted by Gasteiger charge is 2.07. The number of carboxylic acid groups (broad SMARTS) is 1. The van der Waals surface area contributed by atoms with Gasteiger partial charge in [-0.1, -0.05) is 36.4 Å². The van der Waals surface area contributed by atoms with Crippen LogP contribution in [-0.4, -0.2) is 16.9 Å². The van der Waals surface area contributed by atoms with Gasteiger partial charge >= 0.3 is 5.97 Å². The van der Waals surface area contributed by atoms with Crippen molar-refractivity contribution >= 4 is 23.5 Å². The first-order chi connectivity index (χ1) is 10.1. The van der Waals surface area contributed by atoms with Crippen molar-refractivity contribution in [2.45, 2.75) is 24.0 Å². The molecule has 0 aromatic heterocycles. The molecule has 0 aliphatic carbocycles. The van der Waals surface area contributed by atoms with Gasteiger partial charge < -0.3 is 5.11 Å². The lowest BCUT2D eigenvalue weighted by Crippen LogP contribution is -2.02. The Hall–Kier alpha value is -2.07. The number of Topliss-reactive ketones (excluding diaryl/α,β-unsaturated/α-hetero) is 1. The molecule has 21 heavy (non-hydrogen) atoms. The van der Waals surface area contributed by atoms with E-state index in [1.807, 2.05) is 48.5 Å². The highest BCUT2D eigenvalue weighted by Crippen LogP contribution is 2.25. The molecule has 1 N–H and O–H groups in total. The molecule has 0 unspecified atom stereocenters. The van der Waals surface area contributed by atoms with Crippen LogP contribution in [0.4, 0.5) is 0 Å². The zero-order chi connectivity index (χ0) is 15.2. The Morgan fingerprint density at radius 1 is 1.00 bits per heavy atom. The molecule has 2 aromatic carbocycles. The zero-order valence-corrected chi connectivity index (χ0v) is 12.5. The lowest BCUT2D eigenvalue weighted by atomic mass is 10.1. The summed E-state index contributed by atoms with van der Waals surface area (Å²) in [6.45, 7) is 1.55. The molecular formula is C17H16O3S. The van der Waals surface area contributed by atoms with E-state index in [-0.39, 0.29) is 12.2 Å². The van der Waals surface area contributed by atoms with E-state index >= 15 is 0 Å². The van der Waals surface area contributed by atoms with Gasteiger partial charge in [0, 0.05) is 16.2 Å². The van der Waals surface area contributed by atoms with Crippen LogP contribution in [0.15, 0.2) is 53.4 Å². The summed E-state index contributed by atoms with van der Waals surface area (Å²) < 4.78 is 0. The molecule has 0 bridgehead atoms. The maximum atomic E-state index is 11.2. The zero-order valence-electron chi connectivity index (χ0n) is 11.7. The normalized spacial score (nSPS) is 10.3. The summed E-state index contributed by atoms with van der Waals surface area (Å²) in [5.41, 5.74) is 2.57. The van der Waals surface area contributed by atoms with Gasteiger partial charge in [-0.2, -0.15) is 0 Å². The second-order valence-corrected chi connectivity index (χ2v) is 5.76. The van der Waals surface area contributed by atoms with E-state index < -0.39 is 5.97 Å². The molecule has 0 amide bonds. The largest absolute Gasteiger partial charge is 0.481 e. The molecule has 3 nitrogen and oxygen atoms in total. The number of aliphatic carboxylic acids is 1. The fourth-order valence-electron chi connectivity index (χ4n) is 1.98. The van der Waals surface area contributed by atoms with Gasteiger partial charge in [0.25, 0.3) is 0 Å². The maximum absolute atomic E-state index is 11.2. The minimum atomic E-state index is -0.821. The van der Waals surface area contributed by atoms with Crippen molar-refractivity contribution in [2.24, 2.45) is 0 Å². The summed E-state index contributed by atoms with van der Waals surface area (Å²) in [6.07, 6.45) is 0.0417. The van der Waals surface area contributed by atoms with Crippen molar-refractivity contribution in [2.75, 3.05) is 0 Å². The van der Waals surface area contributed by atoms with Crippen molar-refractivity contribution in [3.8, 4) is 0 Å². The molecule has 0 fully saturated rings. The first-order valence-corrected chi connectivity index (χ1v) is 7.57. The Labute approximate surface area is 128 Å². The Morgan fingerprint density at radius 2 is 1.62 bits per heavy atom. The van der Waals surface area contributed by atoms with Crippen molar-refractivity contribution in [1.82, 2.24) is 0 Å². The molecule has 0 radical (unpaired) electrons. The van der Waals surface area contributed by atoms with Gasteiger partial charge in [0.05, 0.1) is 6.42 Å². The fourth-order valence-corrected chi connectivity index (χ4v) is 2.91. The smallest absolute Gasteiger partial charge is 0.307 e. The minimum absolute atomic E-state index is 0.0417. The molecular weight excluding hydrogens is 284 g/mol. The molecule has 108 valence electrons. The van der Waals surface area contributed by atoms with Gasteiger partial charge in [0.2, 0.25) is 0 Å². The van der Waals surface area contributed by atoms with E-state index in [0.29, 0.717) is 11.3 Å². The maximum Gasteiger partial charge on any atom is 0.307 e. The first-order valence-electron chi connectivity index (χ1n) is 6.58. The molecule has 0 aliphatic rings. The Morgan fingerprint density at radius 3 is 2.19 bits per heavy atom. The fraction of sp³-hybridized carbons (Fsp3) is 0.176. The number of rotatable bonds is 6. The number of benzene rings is 2. The molecule has 4 heteroatoms. The van der Waals surface area contributed by atoms with Gasteiger partial charge in [0.15, 0.2) is 5.78 Å². The average molecular weight is 300 g/mol. The number of hydrogen-bond acceptors (Lipinski definition) is 3. The van der Waals surface area contributed by atoms with E-state index in [9.17, 15) is 9.59 Å². The van der Waals surface area contributed by atoms with Crippen LogP contribution in [0.25, 0.3) is 0 Å². The summed E-state index contributed by atoms with van der Waals surface area (Å²) >= 11 is 1.63. The number of hydrogen-bond donors (Lipinski definition) is 1. The Kier molecular flexibility index (Phi) is 5.17. The van der Waals surface area contributed by atoms with E-state index in [1.54, 1.807) is 18.7 Å². The number of thioether (sulfide) groups is 1. The predicted octanol–water partition coefficient (Wildman–Crippen LogP) is 3.81. The minimum Gasteiger partial charge on any atom is -0.481 e. The molecule has 0 saturated heterocycles. The van der Waals surface area contributed by atoms with Gasteiger partial charge in [-0.25, -0.2) is 0 Å². The highest BCUT2D eigenvalue weighted by molar-refractivity contribution is 7.98. The first kappa shape index (κ1) is 15.3. The number of ketones is 1. The Bertz CT molecular complexity index is 647. The van der Waals surface area contributed by atoms with Gasteiger partial charge in [0.1, 0.15) is 0 Å². The molecule has 0 atom stereocenters. The van der Waals surface area contributed by atoms with E-state index in [0.717, 1.165) is 16.0 Å². The third-order valence-electron chi connectivity index (χ3n) is 3.12. The number of carboxylic acids is 1. The van der Waals surface area contributed by atoms with E-state index in [2.05, 4.69) is 0 Å². The van der Waals surface area contributed by atoms with Crippen LogP contribution in [-0.2, 0) is 17.0 Å². The predicted molar refractivity (Wildman–Crippen MR) is 83.8 cm³/mol. The molecule has 2 rings (SSSR count). The monoisotopic (exact) mass is 300 g/mol. The van der Waals surface area contributed by atoms with E-state index in [1.165, 1.54) is 0 Å². The third-order valence-corrected chi connectivity index (χ3v) is 4.18. The van der Waals surface area contributed by atoms with Crippen molar-refractivity contribution in [3.63, 3.8) is 0 Å².